The molecular formula is C55H79O9. The molecule has 1 aliphatic heterocycles. The van der Waals surface area contributed by atoms with Crippen LogP contribution in [0.5, 0.6) is 0 Å². The summed E-state index contributed by atoms with van der Waals surface area (Å²) in [5, 5.41) is 0. The maximum absolute atomic E-state index is 13.9. The summed E-state index contributed by atoms with van der Waals surface area (Å²) >= 11 is 0. The SMILES string of the molecule is CCCCCCCCCCCCCCO[CH][C@H]1O[C@H](OCCCCCCCCCCCCCC)[C@H](OC(=O)c2ccccc2)[C@@H](OC(=O)c2ccccc2)[C@@H]1OC(=O)c1ccccc1. The Morgan fingerprint density at radius 1 is 0.422 bits per heavy atom. The van der Waals surface area contributed by atoms with Gasteiger partial charge in [0.25, 0.3) is 0 Å². The van der Waals surface area contributed by atoms with Gasteiger partial charge in [-0.1, -0.05) is 210 Å². The van der Waals surface area contributed by atoms with Crippen molar-refractivity contribution in [3.05, 3.63) is 114 Å². The Labute approximate surface area is 385 Å². The van der Waals surface area contributed by atoms with E-state index in [2.05, 4.69) is 13.8 Å². The van der Waals surface area contributed by atoms with Crippen molar-refractivity contribution in [1.82, 2.24) is 0 Å². The van der Waals surface area contributed by atoms with Crippen molar-refractivity contribution in [1.29, 1.82) is 0 Å². The first kappa shape index (κ1) is 52.6. The maximum Gasteiger partial charge on any atom is 0.338 e. The summed E-state index contributed by atoms with van der Waals surface area (Å²) in [5.74, 6) is -1.99. The minimum atomic E-state index is -1.33. The fourth-order valence-corrected chi connectivity index (χ4v) is 8.10. The van der Waals surface area contributed by atoms with Gasteiger partial charge < -0.3 is 28.4 Å². The van der Waals surface area contributed by atoms with E-state index in [-0.39, 0.29) is 5.56 Å². The topological polar surface area (TPSA) is 107 Å². The van der Waals surface area contributed by atoms with E-state index in [0.29, 0.717) is 24.3 Å². The number of esters is 3. The van der Waals surface area contributed by atoms with Gasteiger partial charge >= 0.3 is 17.9 Å². The Morgan fingerprint density at radius 3 is 1.14 bits per heavy atom. The summed E-state index contributed by atoms with van der Waals surface area (Å²) in [6.07, 6.45) is 23.0. The lowest BCUT2D eigenvalue weighted by Gasteiger charge is -2.44. The minimum absolute atomic E-state index is 0.285. The number of ether oxygens (including phenoxy) is 6. The Morgan fingerprint density at radius 2 is 0.750 bits per heavy atom. The Balaban J connectivity index is 1.46. The quantitative estimate of drug-likeness (QED) is 0.0324. The number of hydrogen-bond acceptors (Lipinski definition) is 9. The number of unbranched alkanes of at least 4 members (excludes halogenated alkanes) is 22. The first-order valence-corrected chi connectivity index (χ1v) is 25.0. The minimum Gasteiger partial charge on any atom is -0.452 e. The van der Waals surface area contributed by atoms with Crippen molar-refractivity contribution < 1.29 is 42.8 Å². The zero-order valence-corrected chi connectivity index (χ0v) is 39.2. The molecule has 0 saturated carbocycles. The molecule has 1 fully saturated rings. The summed E-state index contributed by atoms with van der Waals surface area (Å²) in [5.41, 5.74) is 0.885. The number of rotatable bonds is 35. The van der Waals surface area contributed by atoms with Gasteiger partial charge in [-0.3, -0.25) is 0 Å². The fraction of sp³-hybridized carbons (Fsp3) is 0.600. The predicted octanol–water partition coefficient (Wildman–Crippen LogP) is 14.0. The zero-order chi connectivity index (χ0) is 45.3. The Kier molecular flexibility index (Phi) is 27.5. The van der Waals surface area contributed by atoms with Crippen LogP contribution in [0.1, 0.15) is 199 Å². The Bertz CT molecular complexity index is 1630. The molecule has 0 unspecified atom stereocenters. The van der Waals surface area contributed by atoms with Gasteiger partial charge in [-0.2, -0.15) is 0 Å². The van der Waals surface area contributed by atoms with E-state index in [1.54, 1.807) is 78.9 Å². The summed E-state index contributed by atoms with van der Waals surface area (Å²) in [4.78, 5) is 41.5. The van der Waals surface area contributed by atoms with Crippen LogP contribution in [-0.4, -0.2) is 61.8 Å². The molecule has 3 aromatic carbocycles. The van der Waals surface area contributed by atoms with Crippen molar-refractivity contribution in [3.8, 4) is 0 Å². The van der Waals surface area contributed by atoms with E-state index < -0.39 is 48.6 Å². The molecule has 1 aliphatic rings. The number of carbonyl (C=O) groups excluding carboxylic acids is 3. The molecule has 5 atom stereocenters. The van der Waals surface area contributed by atoms with E-state index in [1.165, 1.54) is 122 Å². The largest absolute Gasteiger partial charge is 0.452 e. The molecule has 0 aliphatic carbocycles. The summed E-state index contributed by atoms with van der Waals surface area (Å²) in [6.45, 7) is 6.77. The normalized spacial score (nSPS) is 18.4. The van der Waals surface area contributed by atoms with Crippen LogP contribution in [0.3, 0.4) is 0 Å². The van der Waals surface area contributed by atoms with Crippen LogP contribution in [0, 0.1) is 6.61 Å². The average molecular weight is 884 g/mol. The second-order valence-electron chi connectivity index (χ2n) is 17.3. The van der Waals surface area contributed by atoms with Crippen LogP contribution < -0.4 is 0 Å². The van der Waals surface area contributed by atoms with E-state index in [0.717, 1.165) is 38.5 Å². The molecule has 9 nitrogen and oxygen atoms in total. The molecule has 1 saturated heterocycles. The van der Waals surface area contributed by atoms with Crippen molar-refractivity contribution in [2.45, 2.75) is 199 Å². The molecule has 0 amide bonds. The van der Waals surface area contributed by atoms with Gasteiger partial charge in [-0.15, -0.1) is 0 Å². The first-order valence-electron chi connectivity index (χ1n) is 25.0. The van der Waals surface area contributed by atoms with Crippen molar-refractivity contribution >= 4 is 17.9 Å². The molecule has 4 rings (SSSR count). The molecule has 1 heterocycles. The molecule has 0 N–H and O–H groups in total. The third-order valence-electron chi connectivity index (χ3n) is 11.9. The van der Waals surface area contributed by atoms with E-state index in [9.17, 15) is 14.4 Å². The number of carbonyl (C=O) groups is 3. The second kappa shape index (κ2) is 33.4. The molecular weight excluding hydrogens is 805 g/mol. The lowest BCUT2D eigenvalue weighted by atomic mass is 9.97. The highest BCUT2D eigenvalue weighted by molar-refractivity contribution is 5.91. The molecule has 0 bridgehead atoms. The monoisotopic (exact) mass is 884 g/mol. The number of benzene rings is 3. The molecule has 1 radical (unpaired) electrons. The zero-order valence-electron chi connectivity index (χ0n) is 39.2. The van der Waals surface area contributed by atoms with Gasteiger partial charge in [0, 0.05) is 13.2 Å². The van der Waals surface area contributed by atoms with E-state index in [1.807, 2.05) is 12.1 Å². The van der Waals surface area contributed by atoms with Crippen LogP contribution >= 0.6 is 0 Å². The van der Waals surface area contributed by atoms with Gasteiger partial charge in [-0.05, 0) is 49.2 Å². The molecule has 0 spiro atoms. The highest BCUT2D eigenvalue weighted by Crippen LogP contribution is 2.33. The Hall–Kier alpha value is -4.05. The summed E-state index contributed by atoms with van der Waals surface area (Å²) < 4.78 is 37.8. The highest BCUT2D eigenvalue weighted by Gasteiger charge is 2.53. The number of hydrogen-bond donors (Lipinski definition) is 0. The van der Waals surface area contributed by atoms with Crippen LogP contribution in [-0.2, 0) is 28.4 Å². The first-order chi connectivity index (χ1) is 31.5. The smallest absolute Gasteiger partial charge is 0.338 e. The van der Waals surface area contributed by atoms with Crippen molar-refractivity contribution in [2.75, 3.05) is 13.2 Å². The predicted molar refractivity (Wildman–Crippen MR) is 254 cm³/mol. The summed E-state index contributed by atoms with van der Waals surface area (Å²) in [6, 6.07) is 25.7. The average Bonchev–Trinajstić information content (AvgIpc) is 3.33. The van der Waals surface area contributed by atoms with Gasteiger partial charge in [0.05, 0.1) is 16.7 Å². The van der Waals surface area contributed by atoms with Crippen molar-refractivity contribution in [3.63, 3.8) is 0 Å². The molecule has 9 heteroatoms. The third kappa shape index (κ3) is 20.8. The standard InChI is InChI=1S/C55H79O9/c1-3-5-7-9-11-13-15-17-19-21-23-34-42-59-44-48-49(62-52(56)45-36-28-25-29-37-45)50(63-53(57)46-38-30-26-31-39-46)51(64-54(58)47-40-32-27-33-41-47)55(61-48)60-43-35-24-22-20-18-16-14-12-10-8-6-4-2/h25-33,36-41,44,48-51,55H,3-24,34-35,42-43H2,1-2H3/t48-,49-,50+,51-,55+/m1/s1. The lowest BCUT2D eigenvalue weighted by molar-refractivity contribution is -0.293. The van der Waals surface area contributed by atoms with Crippen LogP contribution in [0.2, 0.25) is 0 Å². The lowest BCUT2D eigenvalue weighted by Crippen LogP contribution is -2.62. The fourth-order valence-electron chi connectivity index (χ4n) is 8.10. The summed E-state index contributed by atoms with van der Waals surface area (Å²) in [7, 11) is 0. The molecule has 64 heavy (non-hydrogen) atoms. The van der Waals surface area contributed by atoms with Gasteiger partial charge in [0.1, 0.15) is 12.7 Å². The van der Waals surface area contributed by atoms with Gasteiger partial charge in [0.15, 0.2) is 24.6 Å². The van der Waals surface area contributed by atoms with Gasteiger partial charge in [0.2, 0.25) is 0 Å². The van der Waals surface area contributed by atoms with E-state index >= 15 is 0 Å². The molecule has 0 aromatic heterocycles. The van der Waals surface area contributed by atoms with Crippen LogP contribution in [0.15, 0.2) is 91.0 Å². The molecule has 353 valence electrons. The highest BCUT2D eigenvalue weighted by atomic mass is 16.7. The second-order valence-corrected chi connectivity index (χ2v) is 17.3. The molecule has 3 aromatic rings. The maximum atomic E-state index is 13.9. The van der Waals surface area contributed by atoms with Crippen LogP contribution in [0.4, 0.5) is 0 Å². The van der Waals surface area contributed by atoms with Crippen LogP contribution in [0.25, 0.3) is 0 Å². The third-order valence-corrected chi connectivity index (χ3v) is 11.9. The van der Waals surface area contributed by atoms with Crippen molar-refractivity contribution in [2.24, 2.45) is 0 Å². The van der Waals surface area contributed by atoms with Gasteiger partial charge in [-0.25, -0.2) is 14.4 Å². The van der Waals surface area contributed by atoms with E-state index in [4.69, 9.17) is 28.4 Å².